The Kier molecular flexibility index (Phi) is 5.33. The van der Waals surface area contributed by atoms with E-state index in [-0.39, 0.29) is 39.4 Å². The zero-order chi connectivity index (χ0) is 22.5. The van der Waals surface area contributed by atoms with Gasteiger partial charge in [0.05, 0.1) is 5.39 Å². The molecule has 1 N–H and O–H groups in total. The van der Waals surface area contributed by atoms with Crippen molar-refractivity contribution < 1.29 is 23.1 Å². The van der Waals surface area contributed by atoms with E-state index in [0.717, 1.165) is 23.1 Å². The van der Waals surface area contributed by atoms with Crippen molar-refractivity contribution in [2.24, 2.45) is 0 Å². The maximum atomic E-state index is 14.1. The molecule has 162 valence electrons. The molecule has 0 radical (unpaired) electrons. The molecule has 1 unspecified atom stereocenters. The molecule has 1 aliphatic rings. The Morgan fingerprint density at radius 2 is 1.87 bits per heavy atom. The molecular weight excluding hydrogens is 430 g/mol. The molecule has 9 heteroatoms. The van der Waals surface area contributed by atoms with E-state index in [1.54, 1.807) is 0 Å². The number of fused-ring (bicyclic) bond motifs is 2. The molecule has 1 amide bonds. The quantitative estimate of drug-likeness (QED) is 0.648. The van der Waals surface area contributed by atoms with Crippen molar-refractivity contribution in [3.8, 4) is 0 Å². The number of carbonyl (C=O) groups excluding carboxylic acids is 1. The zero-order valence-electron chi connectivity index (χ0n) is 16.8. The fraction of sp³-hybridized carbons (Fsp3) is 0.273. The average molecular weight is 449 g/mol. The number of carbonyl (C=O) groups is 1. The Hall–Kier alpha value is -2.81. The third-order valence-corrected chi connectivity index (χ3v) is 5.58. The van der Waals surface area contributed by atoms with Crippen molar-refractivity contribution in [3.63, 3.8) is 0 Å². The van der Waals surface area contributed by atoms with Crippen LogP contribution in [0.5, 0.6) is 0 Å². The monoisotopic (exact) mass is 448 g/mol. The van der Waals surface area contributed by atoms with E-state index < -0.39 is 28.7 Å². The van der Waals surface area contributed by atoms with Crippen molar-refractivity contribution >= 4 is 28.5 Å². The normalized spacial score (nSPS) is 18.3. The van der Waals surface area contributed by atoms with Gasteiger partial charge >= 0.3 is 0 Å². The van der Waals surface area contributed by atoms with Crippen LogP contribution >= 0.6 is 11.6 Å². The molecule has 0 spiro atoms. The standard InChI is InChI=1S/C22H19ClF2N2O4/c1-26(2)8-3-9-27-21(29)20-18(19(28)14-11-13(23)5-7-17(14)31-20)22(27,30)12-4-6-15(24)16(25)10-12/h4-7,10-11,30H,3,8-9H2,1-2H3. The Labute approximate surface area is 181 Å². The third-order valence-electron chi connectivity index (χ3n) is 5.34. The van der Waals surface area contributed by atoms with Gasteiger partial charge in [0.1, 0.15) is 11.1 Å². The number of halogens is 3. The predicted octanol–water partition coefficient (Wildman–Crippen LogP) is 3.33. The van der Waals surface area contributed by atoms with Crippen LogP contribution in [0.25, 0.3) is 11.0 Å². The minimum Gasteiger partial charge on any atom is -0.450 e. The van der Waals surface area contributed by atoms with Crippen LogP contribution in [0.3, 0.4) is 0 Å². The first-order valence-corrected chi connectivity index (χ1v) is 9.94. The lowest BCUT2D eigenvalue weighted by molar-refractivity contribution is -0.0515. The van der Waals surface area contributed by atoms with Crippen molar-refractivity contribution in [1.82, 2.24) is 9.80 Å². The summed E-state index contributed by atoms with van der Waals surface area (Å²) in [5, 5.41) is 12.1. The number of rotatable bonds is 5. The number of hydrogen-bond acceptors (Lipinski definition) is 5. The van der Waals surface area contributed by atoms with Gasteiger partial charge in [0.25, 0.3) is 5.91 Å². The highest BCUT2D eigenvalue weighted by Crippen LogP contribution is 2.42. The van der Waals surface area contributed by atoms with Gasteiger partial charge < -0.3 is 14.4 Å². The van der Waals surface area contributed by atoms with Crippen LogP contribution in [0.2, 0.25) is 5.02 Å². The second-order valence-corrected chi connectivity index (χ2v) is 8.13. The molecule has 0 saturated heterocycles. The van der Waals surface area contributed by atoms with E-state index in [1.807, 2.05) is 19.0 Å². The van der Waals surface area contributed by atoms with Gasteiger partial charge in [-0.25, -0.2) is 8.78 Å². The molecule has 31 heavy (non-hydrogen) atoms. The molecule has 0 saturated carbocycles. The summed E-state index contributed by atoms with van der Waals surface area (Å²) in [5.74, 6) is -3.38. The van der Waals surface area contributed by atoms with Gasteiger partial charge in [-0.2, -0.15) is 0 Å². The molecule has 0 aliphatic carbocycles. The topological polar surface area (TPSA) is 74.0 Å². The second kappa shape index (κ2) is 7.71. The second-order valence-electron chi connectivity index (χ2n) is 7.69. The van der Waals surface area contributed by atoms with Crippen LogP contribution in [0.1, 0.15) is 28.1 Å². The van der Waals surface area contributed by atoms with Crippen LogP contribution in [0.15, 0.2) is 45.6 Å². The van der Waals surface area contributed by atoms with Crippen molar-refractivity contribution in [1.29, 1.82) is 0 Å². The highest BCUT2D eigenvalue weighted by Gasteiger charge is 2.54. The van der Waals surface area contributed by atoms with Crippen molar-refractivity contribution in [3.05, 3.63) is 80.2 Å². The molecule has 1 atom stereocenters. The van der Waals surface area contributed by atoms with Crippen molar-refractivity contribution in [2.75, 3.05) is 27.2 Å². The van der Waals surface area contributed by atoms with Gasteiger partial charge in [-0.05, 0) is 57.4 Å². The number of benzene rings is 2. The molecule has 6 nitrogen and oxygen atoms in total. The Morgan fingerprint density at radius 1 is 1.13 bits per heavy atom. The van der Waals surface area contributed by atoms with E-state index >= 15 is 0 Å². The smallest absolute Gasteiger partial charge is 0.293 e. The van der Waals surface area contributed by atoms with Gasteiger partial charge in [-0.15, -0.1) is 0 Å². The van der Waals surface area contributed by atoms with Gasteiger partial charge in [0.2, 0.25) is 16.9 Å². The number of hydrogen-bond donors (Lipinski definition) is 1. The van der Waals surface area contributed by atoms with E-state index in [1.165, 1.54) is 18.2 Å². The Bertz CT molecular complexity index is 1260. The number of aliphatic hydroxyl groups is 1. The molecular formula is C22H19ClF2N2O4. The zero-order valence-corrected chi connectivity index (χ0v) is 17.5. The summed E-state index contributed by atoms with van der Waals surface area (Å²) in [7, 11) is 3.70. The summed E-state index contributed by atoms with van der Waals surface area (Å²) in [6, 6.07) is 7.09. The maximum absolute atomic E-state index is 14.1. The predicted molar refractivity (Wildman–Crippen MR) is 111 cm³/mol. The minimum absolute atomic E-state index is 0.0489. The van der Waals surface area contributed by atoms with E-state index in [9.17, 15) is 23.5 Å². The lowest BCUT2D eigenvalue weighted by Gasteiger charge is -2.34. The van der Waals surface area contributed by atoms with Crippen LogP contribution in [0.4, 0.5) is 8.78 Å². The average Bonchev–Trinajstić information content (AvgIpc) is 2.93. The molecule has 0 bridgehead atoms. The van der Waals surface area contributed by atoms with Gasteiger partial charge in [-0.3, -0.25) is 14.5 Å². The van der Waals surface area contributed by atoms with Gasteiger partial charge in [0.15, 0.2) is 11.6 Å². The Morgan fingerprint density at radius 3 is 2.55 bits per heavy atom. The molecule has 4 rings (SSSR count). The molecule has 1 aliphatic heterocycles. The molecule has 2 aromatic carbocycles. The number of amides is 1. The lowest BCUT2D eigenvalue weighted by Crippen LogP contribution is -2.47. The Balaban J connectivity index is 1.97. The summed E-state index contributed by atoms with van der Waals surface area (Å²) in [5.41, 5.74) is -3.37. The number of nitrogens with zero attached hydrogens (tertiary/aromatic N) is 2. The fourth-order valence-corrected chi connectivity index (χ4v) is 4.03. The summed E-state index contributed by atoms with van der Waals surface area (Å²) in [4.78, 5) is 29.5. The summed E-state index contributed by atoms with van der Waals surface area (Å²) in [6.45, 7) is 0.639. The molecule has 2 heterocycles. The summed E-state index contributed by atoms with van der Waals surface area (Å²) < 4.78 is 33.3. The van der Waals surface area contributed by atoms with E-state index in [4.69, 9.17) is 16.0 Å². The van der Waals surface area contributed by atoms with Gasteiger partial charge in [-0.1, -0.05) is 17.7 Å². The molecule has 3 aromatic rings. The molecule has 1 aromatic heterocycles. The van der Waals surface area contributed by atoms with Gasteiger partial charge in [0, 0.05) is 17.1 Å². The lowest BCUT2D eigenvalue weighted by atomic mass is 9.94. The van der Waals surface area contributed by atoms with Crippen LogP contribution in [0, 0.1) is 11.6 Å². The molecule has 0 fully saturated rings. The first-order chi connectivity index (χ1) is 14.6. The first kappa shape index (κ1) is 21.4. The fourth-order valence-electron chi connectivity index (χ4n) is 3.86. The van der Waals surface area contributed by atoms with Crippen LogP contribution < -0.4 is 5.43 Å². The maximum Gasteiger partial charge on any atom is 0.293 e. The summed E-state index contributed by atoms with van der Waals surface area (Å²) in [6.07, 6.45) is 0.457. The summed E-state index contributed by atoms with van der Waals surface area (Å²) >= 11 is 6.01. The van der Waals surface area contributed by atoms with Crippen molar-refractivity contribution in [2.45, 2.75) is 12.1 Å². The first-order valence-electron chi connectivity index (χ1n) is 9.56. The SMILES string of the molecule is CN(C)CCCN1C(=O)c2oc3ccc(Cl)cc3c(=O)c2C1(O)c1ccc(F)c(F)c1. The van der Waals surface area contributed by atoms with Crippen LogP contribution in [-0.2, 0) is 5.72 Å². The largest absolute Gasteiger partial charge is 0.450 e. The van der Waals surface area contributed by atoms with E-state index in [2.05, 4.69) is 0 Å². The third kappa shape index (κ3) is 3.40. The minimum atomic E-state index is -2.33. The highest BCUT2D eigenvalue weighted by atomic mass is 35.5. The van der Waals surface area contributed by atoms with E-state index in [0.29, 0.717) is 13.0 Å². The van der Waals surface area contributed by atoms with Crippen LogP contribution in [-0.4, -0.2) is 48.0 Å². The highest BCUT2D eigenvalue weighted by molar-refractivity contribution is 6.31.